The fourth-order valence-electron chi connectivity index (χ4n) is 4.14. The minimum absolute atomic E-state index is 0.0315. The molecule has 0 saturated carbocycles. The average molecular weight is 384 g/mol. The molecule has 1 aromatic carbocycles. The van der Waals surface area contributed by atoms with Gasteiger partial charge in [-0.15, -0.1) is 0 Å². The summed E-state index contributed by atoms with van der Waals surface area (Å²) in [6.07, 6.45) is 1.57. The molecule has 28 heavy (non-hydrogen) atoms. The number of hydrogen-bond acceptors (Lipinski definition) is 6. The van der Waals surface area contributed by atoms with Crippen LogP contribution in [0.2, 0.25) is 0 Å². The number of benzene rings is 1. The number of hydrogen-bond donors (Lipinski definition) is 0. The van der Waals surface area contributed by atoms with Crippen LogP contribution in [-0.2, 0) is 9.47 Å². The molecular weight excluding hydrogens is 356 g/mol. The Balaban J connectivity index is 1.74. The van der Waals surface area contributed by atoms with Gasteiger partial charge in [0, 0.05) is 26.2 Å². The molecule has 1 aromatic heterocycles. The number of rotatable bonds is 6. The second-order valence-electron chi connectivity index (χ2n) is 7.44. The van der Waals surface area contributed by atoms with E-state index >= 15 is 0 Å². The summed E-state index contributed by atoms with van der Waals surface area (Å²) in [7, 11) is 0. The smallest absolute Gasteiger partial charge is 0.216 e. The van der Waals surface area contributed by atoms with Crippen molar-refractivity contribution in [3.63, 3.8) is 0 Å². The van der Waals surface area contributed by atoms with Crippen molar-refractivity contribution in [2.75, 3.05) is 52.6 Å². The molecule has 6 nitrogen and oxygen atoms in total. The predicted molar refractivity (Wildman–Crippen MR) is 106 cm³/mol. The van der Waals surface area contributed by atoms with Crippen molar-refractivity contribution < 1.29 is 18.7 Å². The van der Waals surface area contributed by atoms with Crippen LogP contribution in [0.25, 0.3) is 0 Å². The lowest BCUT2D eigenvalue weighted by molar-refractivity contribution is -0.0307. The third kappa shape index (κ3) is 4.20. The lowest BCUT2D eigenvalue weighted by atomic mass is 9.91. The predicted octanol–water partition coefficient (Wildman–Crippen LogP) is 2.55. The first kappa shape index (κ1) is 19.3. The topological polar surface area (TPSA) is 55.2 Å². The zero-order chi connectivity index (χ0) is 19.3. The van der Waals surface area contributed by atoms with E-state index < -0.39 is 0 Å². The van der Waals surface area contributed by atoms with E-state index in [4.69, 9.17) is 13.9 Å². The van der Waals surface area contributed by atoms with Crippen molar-refractivity contribution >= 4 is 5.78 Å². The molecule has 2 aromatic rings. The van der Waals surface area contributed by atoms with Crippen molar-refractivity contribution in [1.29, 1.82) is 0 Å². The van der Waals surface area contributed by atoms with Gasteiger partial charge in [-0.3, -0.25) is 14.6 Å². The van der Waals surface area contributed by atoms with E-state index in [1.807, 2.05) is 0 Å². The highest BCUT2D eigenvalue weighted by atomic mass is 16.5. The molecule has 2 aliphatic heterocycles. The van der Waals surface area contributed by atoms with Crippen molar-refractivity contribution in [2.24, 2.45) is 0 Å². The number of furan rings is 1. The van der Waals surface area contributed by atoms with E-state index in [1.165, 1.54) is 5.56 Å². The SMILES string of the molecule is Cc1ccc([C@H]([C@@H](C(=O)c2ccco2)N2CCOCC2)N2CCOCC2)cc1. The average Bonchev–Trinajstić information content (AvgIpc) is 3.29. The van der Waals surface area contributed by atoms with E-state index in [-0.39, 0.29) is 17.9 Å². The molecule has 2 fully saturated rings. The maximum Gasteiger partial charge on any atom is 0.216 e. The van der Waals surface area contributed by atoms with Crippen LogP contribution in [0.5, 0.6) is 0 Å². The third-order valence-corrected chi connectivity index (χ3v) is 5.63. The molecule has 150 valence electrons. The monoisotopic (exact) mass is 384 g/mol. The fourth-order valence-corrected chi connectivity index (χ4v) is 4.14. The molecule has 0 N–H and O–H groups in total. The highest BCUT2D eigenvalue weighted by Crippen LogP contribution is 2.32. The number of nitrogens with zero attached hydrogens (tertiary/aromatic N) is 2. The highest BCUT2D eigenvalue weighted by molar-refractivity contribution is 5.98. The summed E-state index contributed by atoms with van der Waals surface area (Å²) in [4.78, 5) is 18.2. The van der Waals surface area contributed by atoms with Crippen LogP contribution in [0.15, 0.2) is 47.1 Å². The number of aryl methyl sites for hydroxylation is 1. The number of Topliss-reactive ketones (excluding diaryl/α,β-unsaturated/α-hetero) is 1. The van der Waals surface area contributed by atoms with E-state index in [9.17, 15) is 4.79 Å². The lowest BCUT2D eigenvalue weighted by Gasteiger charge is -2.44. The van der Waals surface area contributed by atoms with Gasteiger partial charge in [-0.05, 0) is 24.6 Å². The van der Waals surface area contributed by atoms with Crippen molar-refractivity contribution in [3.05, 3.63) is 59.5 Å². The first-order valence-corrected chi connectivity index (χ1v) is 10.0. The van der Waals surface area contributed by atoms with Gasteiger partial charge in [0.2, 0.25) is 5.78 Å². The standard InChI is InChI=1S/C22H28N2O4/c1-17-4-6-18(7-5-17)20(23-8-13-26-14-9-23)21(24-10-15-27-16-11-24)22(25)19-3-2-12-28-19/h2-7,12,20-21H,8-11,13-16H2,1H3/t20-,21+/m1/s1. The van der Waals surface area contributed by atoms with Crippen LogP contribution in [0, 0.1) is 6.92 Å². The van der Waals surface area contributed by atoms with Crippen LogP contribution in [0.1, 0.15) is 27.7 Å². The number of carbonyl (C=O) groups is 1. The summed E-state index contributed by atoms with van der Waals surface area (Å²) >= 11 is 0. The maximum atomic E-state index is 13.6. The van der Waals surface area contributed by atoms with Gasteiger partial charge in [-0.1, -0.05) is 29.8 Å². The number of carbonyl (C=O) groups excluding carboxylic acids is 1. The van der Waals surface area contributed by atoms with Crippen molar-refractivity contribution in [2.45, 2.75) is 19.0 Å². The highest BCUT2D eigenvalue weighted by Gasteiger charge is 2.40. The second kappa shape index (κ2) is 9.01. The quantitative estimate of drug-likeness (QED) is 0.714. The zero-order valence-electron chi connectivity index (χ0n) is 16.4. The van der Waals surface area contributed by atoms with Gasteiger partial charge in [0.15, 0.2) is 5.76 Å². The lowest BCUT2D eigenvalue weighted by Crippen LogP contribution is -2.55. The first-order chi connectivity index (χ1) is 13.7. The summed E-state index contributed by atoms with van der Waals surface area (Å²) in [5.74, 6) is 0.450. The number of morpholine rings is 2. The third-order valence-electron chi connectivity index (χ3n) is 5.63. The van der Waals surface area contributed by atoms with Gasteiger partial charge in [0.1, 0.15) is 0 Å². The van der Waals surface area contributed by atoms with Crippen LogP contribution in [0.4, 0.5) is 0 Å². The van der Waals surface area contributed by atoms with Gasteiger partial charge in [-0.2, -0.15) is 0 Å². The van der Waals surface area contributed by atoms with Crippen LogP contribution < -0.4 is 0 Å². The molecular formula is C22H28N2O4. The Morgan fingerprint density at radius 3 is 2.07 bits per heavy atom. The molecule has 4 rings (SSSR count). The molecule has 2 atom stereocenters. The molecule has 0 radical (unpaired) electrons. The summed E-state index contributed by atoms with van der Waals surface area (Å²) in [6.45, 7) is 7.85. The van der Waals surface area contributed by atoms with E-state index in [1.54, 1.807) is 18.4 Å². The molecule has 0 spiro atoms. The molecule has 2 aliphatic rings. The Morgan fingerprint density at radius 1 is 0.893 bits per heavy atom. The van der Waals surface area contributed by atoms with E-state index in [0.717, 1.165) is 31.7 Å². The largest absolute Gasteiger partial charge is 0.461 e. The number of ketones is 1. The summed E-state index contributed by atoms with van der Waals surface area (Å²) in [5, 5.41) is 0. The normalized spacial score (nSPS) is 21.3. The fraction of sp³-hybridized carbons (Fsp3) is 0.500. The van der Waals surface area contributed by atoms with Gasteiger partial charge in [0.25, 0.3) is 0 Å². The van der Waals surface area contributed by atoms with Gasteiger partial charge >= 0.3 is 0 Å². The minimum Gasteiger partial charge on any atom is -0.461 e. The van der Waals surface area contributed by atoms with Crippen LogP contribution in [0.3, 0.4) is 0 Å². The van der Waals surface area contributed by atoms with Crippen LogP contribution in [-0.4, -0.2) is 74.2 Å². The molecule has 0 bridgehead atoms. The Bertz CT molecular complexity index is 747. The Kier molecular flexibility index (Phi) is 6.22. The van der Waals surface area contributed by atoms with Crippen LogP contribution >= 0.6 is 0 Å². The maximum absolute atomic E-state index is 13.6. The number of ether oxygens (including phenoxy) is 2. The Morgan fingerprint density at radius 2 is 1.50 bits per heavy atom. The molecule has 3 heterocycles. The summed E-state index contributed by atoms with van der Waals surface area (Å²) in [6, 6.07) is 11.7. The molecule has 6 heteroatoms. The summed E-state index contributed by atoms with van der Waals surface area (Å²) in [5.41, 5.74) is 2.37. The second-order valence-corrected chi connectivity index (χ2v) is 7.44. The Hall–Kier alpha value is -1.99. The molecule has 0 aliphatic carbocycles. The van der Waals surface area contributed by atoms with Gasteiger partial charge in [-0.25, -0.2) is 0 Å². The summed E-state index contributed by atoms with van der Waals surface area (Å²) < 4.78 is 16.6. The zero-order valence-corrected chi connectivity index (χ0v) is 16.4. The van der Waals surface area contributed by atoms with E-state index in [0.29, 0.717) is 32.2 Å². The van der Waals surface area contributed by atoms with Crippen molar-refractivity contribution in [3.8, 4) is 0 Å². The van der Waals surface area contributed by atoms with Gasteiger partial charge < -0.3 is 13.9 Å². The molecule has 0 unspecified atom stereocenters. The van der Waals surface area contributed by atoms with E-state index in [2.05, 4.69) is 41.0 Å². The Labute approximate surface area is 166 Å². The molecule has 0 amide bonds. The van der Waals surface area contributed by atoms with Gasteiger partial charge in [0.05, 0.1) is 44.8 Å². The van der Waals surface area contributed by atoms with Crippen molar-refractivity contribution in [1.82, 2.24) is 9.80 Å². The molecule has 2 saturated heterocycles. The minimum atomic E-state index is -0.323. The first-order valence-electron chi connectivity index (χ1n) is 10.0.